The Morgan fingerprint density at radius 1 is 0.542 bits per heavy atom. The smallest absolute Gasteiger partial charge is 0.476 e. The summed E-state index contributed by atoms with van der Waals surface area (Å²) in [5, 5.41) is 5.30. The van der Waals surface area contributed by atoms with Crippen molar-refractivity contribution < 1.29 is 54.9 Å². The predicted octanol–water partition coefficient (Wildman–Crippen LogP) is 7.07. The number of amides is 2. The van der Waals surface area contributed by atoms with Gasteiger partial charge in [0.25, 0.3) is 11.8 Å². The number of piperidine rings is 1. The lowest BCUT2D eigenvalue weighted by Gasteiger charge is -2.36. The summed E-state index contributed by atoms with van der Waals surface area (Å²) in [6, 6.07) is 14.8. The minimum absolute atomic E-state index is 0.0173. The number of carbonyl (C=O) groups is 2. The molecule has 4 aromatic heterocycles. The van der Waals surface area contributed by atoms with E-state index in [1.54, 1.807) is 26.0 Å². The molecule has 380 valence electrons. The summed E-state index contributed by atoms with van der Waals surface area (Å²) < 4.78 is 98.7. The predicted molar refractivity (Wildman–Crippen MR) is 252 cm³/mol. The molecule has 0 aliphatic carbocycles. The number of fused-ring (bicyclic) bond motifs is 2. The fourth-order valence-corrected chi connectivity index (χ4v) is 8.89. The van der Waals surface area contributed by atoms with Gasteiger partial charge in [-0.1, -0.05) is 0 Å². The molecule has 24 heteroatoms. The van der Waals surface area contributed by atoms with Crippen LogP contribution in [-0.2, 0) is 9.59 Å². The van der Waals surface area contributed by atoms with Gasteiger partial charge in [0.05, 0.1) is 22.4 Å². The molecule has 18 nitrogen and oxygen atoms in total. The normalized spacial score (nSPS) is 17.2. The number of hydrogen-bond donors (Lipinski definition) is 2. The molecule has 2 aromatic carbocycles. The number of piperazine rings is 1. The third kappa shape index (κ3) is 12.2. The molecule has 9 rings (SSSR count). The summed E-state index contributed by atoms with van der Waals surface area (Å²) in [5.41, 5.74) is 2.74. The van der Waals surface area contributed by atoms with Crippen LogP contribution in [-0.4, -0.2) is 142 Å². The molecule has 3 aliphatic rings. The second-order valence-corrected chi connectivity index (χ2v) is 17.7. The van der Waals surface area contributed by atoms with E-state index in [1.807, 2.05) is 7.05 Å². The molecule has 2 unspecified atom stereocenters. The Morgan fingerprint density at radius 2 is 0.944 bits per heavy atom. The first-order valence-electron chi connectivity index (χ1n) is 23.3. The minimum atomic E-state index is -5.01. The van der Waals surface area contributed by atoms with Gasteiger partial charge in [-0.25, -0.2) is 29.9 Å². The number of carbonyl (C=O) groups excluding carboxylic acids is 2. The Morgan fingerprint density at radius 3 is 1.36 bits per heavy atom. The average Bonchev–Trinajstić information content (AvgIpc) is 3.89. The quantitative estimate of drug-likeness (QED) is 0.106. The summed E-state index contributed by atoms with van der Waals surface area (Å²) in [6.45, 7) is 10.4. The van der Waals surface area contributed by atoms with Gasteiger partial charge in [0.1, 0.15) is 45.7 Å². The van der Waals surface area contributed by atoms with E-state index in [-0.39, 0.29) is 23.1 Å². The van der Waals surface area contributed by atoms with Crippen LogP contribution in [0.3, 0.4) is 0 Å². The summed E-state index contributed by atoms with van der Waals surface area (Å²) >= 11 is 0. The van der Waals surface area contributed by atoms with Gasteiger partial charge in [-0.2, -0.15) is 0 Å². The highest BCUT2D eigenvalue weighted by Gasteiger charge is 2.40. The zero-order chi connectivity index (χ0) is 50.7. The minimum Gasteiger partial charge on any atom is -0.476 e. The van der Waals surface area contributed by atoms with Gasteiger partial charge in [-0.3, -0.25) is 9.59 Å². The van der Waals surface area contributed by atoms with Crippen LogP contribution >= 0.6 is 0 Å². The van der Waals surface area contributed by atoms with Crippen molar-refractivity contribution in [1.29, 1.82) is 0 Å². The monoisotopic (exact) mass is 1000 g/mol. The van der Waals surface area contributed by atoms with Crippen LogP contribution < -0.4 is 39.4 Å². The van der Waals surface area contributed by atoms with Gasteiger partial charge >= 0.3 is 12.7 Å². The maximum Gasteiger partial charge on any atom is 0.573 e. The number of nitrogens with one attached hydrogen (secondary N) is 2. The van der Waals surface area contributed by atoms with E-state index in [9.17, 15) is 35.9 Å². The Bertz CT molecular complexity index is 2890. The standard InChI is InChI=1S/C48H50F6N12O6/c1-28-39-35(57-45(55-28)65-22-18-30(19-23-65)64-20-4-5-21-64)14-16-37(59-39)61-43(67)41(69-31-6-10-33(11-7-31)71-47(49,50)51)42(70-32-8-12-34(13-9-32)72-48(52,53)54)44(68)62-38-17-15-36-40(60-38)29(2)56-46(58-36)66-26-24-63(3)25-27-66/h6-17,30,41-42H,4-5,18-27H2,1-3H3,(H,59,61,67)(H,60,62,68). The highest BCUT2D eigenvalue weighted by atomic mass is 19.4. The second-order valence-electron chi connectivity index (χ2n) is 17.7. The van der Waals surface area contributed by atoms with Crippen LogP contribution in [0.15, 0.2) is 72.8 Å². The summed E-state index contributed by atoms with van der Waals surface area (Å²) in [6.07, 6.45) is -9.60. The number of alkyl halides is 6. The first-order valence-corrected chi connectivity index (χ1v) is 23.3. The van der Waals surface area contributed by atoms with E-state index < -0.39 is 48.2 Å². The number of rotatable bonds is 14. The lowest BCUT2D eigenvalue weighted by atomic mass is 10.0. The molecule has 2 N–H and O–H groups in total. The zero-order valence-corrected chi connectivity index (χ0v) is 39.3. The number of pyridine rings is 2. The highest BCUT2D eigenvalue weighted by molar-refractivity contribution is 6.03. The van der Waals surface area contributed by atoms with Crippen molar-refractivity contribution in [3.05, 3.63) is 84.2 Å². The molecule has 2 amide bonds. The molecule has 0 spiro atoms. The number of anilines is 4. The highest BCUT2D eigenvalue weighted by Crippen LogP contribution is 2.31. The van der Waals surface area contributed by atoms with Gasteiger partial charge in [0.15, 0.2) is 0 Å². The Labute approximate surface area is 408 Å². The molecule has 3 fully saturated rings. The lowest BCUT2D eigenvalue weighted by molar-refractivity contribution is -0.275. The number of likely N-dealkylation sites (N-methyl/N-ethyl adjacent to an activating group) is 1. The number of halogens is 6. The maximum absolute atomic E-state index is 14.6. The summed E-state index contributed by atoms with van der Waals surface area (Å²) in [5.74, 6) is -2.65. The molecule has 3 saturated heterocycles. The number of aromatic nitrogens is 6. The van der Waals surface area contributed by atoms with Gasteiger partial charge in [-0.15, -0.1) is 26.3 Å². The number of likely N-dealkylation sites (tertiary alicyclic amines) is 1. The fraction of sp³-hybridized carbons (Fsp3) is 0.417. The Balaban J connectivity index is 1.02. The number of ether oxygens (including phenoxy) is 4. The number of nitrogens with zero attached hydrogens (tertiary/aromatic N) is 10. The topological polar surface area (TPSA) is 185 Å². The van der Waals surface area contributed by atoms with Crippen molar-refractivity contribution in [2.24, 2.45) is 0 Å². The van der Waals surface area contributed by atoms with E-state index in [1.165, 1.54) is 25.0 Å². The number of hydrogen-bond acceptors (Lipinski definition) is 16. The first kappa shape index (κ1) is 49.6. The summed E-state index contributed by atoms with van der Waals surface area (Å²) in [4.78, 5) is 66.4. The average molecular weight is 1000 g/mol. The molecule has 7 heterocycles. The molecule has 72 heavy (non-hydrogen) atoms. The van der Waals surface area contributed by atoms with Gasteiger partial charge < -0.3 is 49.2 Å². The van der Waals surface area contributed by atoms with E-state index in [4.69, 9.17) is 24.4 Å². The first-order chi connectivity index (χ1) is 34.4. The molecular weight excluding hydrogens is 955 g/mol. The van der Waals surface area contributed by atoms with Gasteiger partial charge in [0.2, 0.25) is 24.1 Å². The Hall–Kier alpha value is -7.34. The van der Waals surface area contributed by atoms with Crippen LogP contribution in [0.5, 0.6) is 23.0 Å². The van der Waals surface area contributed by atoms with Crippen LogP contribution in [0.25, 0.3) is 22.1 Å². The molecule has 0 bridgehead atoms. The molecule has 3 aliphatic heterocycles. The van der Waals surface area contributed by atoms with Crippen molar-refractivity contribution in [1.82, 2.24) is 39.7 Å². The number of aryl methyl sites for hydroxylation is 2. The van der Waals surface area contributed by atoms with E-state index >= 15 is 0 Å². The molecule has 0 radical (unpaired) electrons. The summed E-state index contributed by atoms with van der Waals surface area (Å²) in [7, 11) is 2.03. The molecule has 6 aromatic rings. The van der Waals surface area contributed by atoms with E-state index in [0.29, 0.717) is 51.4 Å². The maximum atomic E-state index is 14.6. The lowest BCUT2D eigenvalue weighted by Crippen LogP contribution is -2.51. The third-order valence-electron chi connectivity index (χ3n) is 12.5. The largest absolute Gasteiger partial charge is 0.573 e. The zero-order valence-electron chi connectivity index (χ0n) is 39.3. The fourth-order valence-electron chi connectivity index (χ4n) is 8.89. The third-order valence-corrected chi connectivity index (χ3v) is 12.5. The molecule has 2 atom stereocenters. The van der Waals surface area contributed by atoms with Crippen molar-refractivity contribution in [2.45, 2.75) is 70.5 Å². The Kier molecular flexibility index (Phi) is 14.3. The number of benzene rings is 2. The van der Waals surface area contributed by atoms with Crippen molar-refractivity contribution >= 4 is 57.4 Å². The van der Waals surface area contributed by atoms with Crippen molar-refractivity contribution in [2.75, 3.05) is 79.8 Å². The van der Waals surface area contributed by atoms with Crippen molar-refractivity contribution in [3.8, 4) is 23.0 Å². The van der Waals surface area contributed by atoms with Gasteiger partial charge in [-0.05, 0) is 132 Å². The SMILES string of the molecule is Cc1nc(N2CCC(N3CCCC3)CC2)nc2ccc(NC(=O)C(Oc3ccc(OC(F)(F)F)cc3)C(Oc3ccc(OC(F)(F)F)cc3)C(=O)Nc3ccc4nc(N5CCN(C)CC5)nc(C)c4n3)nc12. The molecule has 0 saturated carbocycles. The van der Waals surface area contributed by atoms with Crippen LogP contribution in [0.4, 0.5) is 49.9 Å². The van der Waals surface area contributed by atoms with Gasteiger partial charge in [0, 0.05) is 45.3 Å². The van der Waals surface area contributed by atoms with Crippen LogP contribution in [0.2, 0.25) is 0 Å². The molecular formula is C48H50F6N12O6. The van der Waals surface area contributed by atoms with Crippen molar-refractivity contribution in [3.63, 3.8) is 0 Å². The van der Waals surface area contributed by atoms with E-state index in [2.05, 4.69) is 54.7 Å². The van der Waals surface area contributed by atoms with Crippen LogP contribution in [0.1, 0.15) is 37.1 Å². The second kappa shape index (κ2) is 20.8. The van der Waals surface area contributed by atoms with E-state index in [0.717, 1.165) is 114 Å². The van der Waals surface area contributed by atoms with Crippen LogP contribution in [0, 0.1) is 13.8 Å².